The summed E-state index contributed by atoms with van der Waals surface area (Å²) in [5, 5.41) is 6.72. The lowest BCUT2D eigenvalue weighted by Gasteiger charge is -2.27. The molecule has 0 aliphatic heterocycles. The monoisotopic (exact) mass is 302 g/mol. The standard InChI is InChI=1S/C13H26N4O2S/c1-5-7-8-17(10(3)6-2)20(18,19)13-11(4)15-16-12(13)9-14/h10H,5-9,14H2,1-4H3,(H,15,16). The van der Waals surface area contributed by atoms with Crippen molar-refractivity contribution in [2.24, 2.45) is 5.73 Å². The van der Waals surface area contributed by atoms with E-state index in [-0.39, 0.29) is 17.5 Å². The zero-order valence-corrected chi connectivity index (χ0v) is 13.6. The number of hydrogen-bond acceptors (Lipinski definition) is 4. The Labute approximate surface area is 121 Å². The number of hydrogen-bond donors (Lipinski definition) is 2. The second kappa shape index (κ2) is 7.19. The molecule has 1 aromatic heterocycles. The fraction of sp³-hybridized carbons (Fsp3) is 0.769. The molecule has 0 saturated heterocycles. The third-order valence-corrected chi connectivity index (χ3v) is 5.75. The van der Waals surface area contributed by atoms with Crippen LogP contribution >= 0.6 is 0 Å². The number of aryl methyl sites for hydroxylation is 1. The van der Waals surface area contributed by atoms with Gasteiger partial charge in [0.25, 0.3) is 0 Å². The molecule has 1 heterocycles. The van der Waals surface area contributed by atoms with Crippen molar-refractivity contribution < 1.29 is 8.42 Å². The number of aromatic amines is 1. The molecule has 0 aliphatic rings. The fourth-order valence-corrected chi connectivity index (χ4v) is 4.25. The summed E-state index contributed by atoms with van der Waals surface area (Å²) in [4.78, 5) is 0.247. The number of H-pyrrole nitrogens is 1. The van der Waals surface area contributed by atoms with E-state index in [0.29, 0.717) is 17.9 Å². The maximum absolute atomic E-state index is 12.9. The molecule has 1 unspecified atom stereocenters. The van der Waals surface area contributed by atoms with Gasteiger partial charge in [0, 0.05) is 19.1 Å². The highest BCUT2D eigenvalue weighted by atomic mass is 32.2. The summed E-state index contributed by atoms with van der Waals surface area (Å²) in [5.74, 6) is 0. The zero-order valence-electron chi connectivity index (χ0n) is 12.8. The maximum atomic E-state index is 12.9. The largest absolute Gasteiger partial charge is 0.325 e. The summed E-state index contributed by atoms with van der Waals surface area (Å²) in [5.41, 5.74) is 6.56. The van der Waals surface area contributed by atoms with Gasteiger partial charge in [-0.25, -0.2) is 8.42 Å². The quantitative estimate of drug-likeness (QED) is 0.765. The van der Waals surface area contributed by atoms with Crippen molar-refractivity contribution in [3.05, 3.63) is 11.4 Å². The number of rotatable bonds is 8. The van der Waals surface area contributed by atoms with E-state index in [9.17, 15) is 8.42 Å². The van der Waals surface area contributed by atoms with E-state index >= 15 is 0 Å². The minimum Gasteiger partial charge on any atom is -0.325 e. The van der Waals surface area contributed by atoms with Crippen molar-refractivity contribution in [2.45, 2.75) is 64.4 Å². The fourth-order valence-electron chi connectivity index (χ4n) is 2.16. The van der Waals surface area contributed by atoms with Crippen LogP contribution in [0.3, 0.4) is 0 Å². The van der Waals surface area contributed by atoms with Crippen molar-refractivity contribution >= 4 is 10.0 Å². The first-order chi connectivity index (χ1) is 9.39. The topological polar surface area (TPSA) is 92.1 Å². The number of aromatic nitrogens is 2. The molecule has 1 atom stereocenters. The highest BCUT2D eigenvalue weighted by molar-refractivity contribution is 7.89. The molecule has 6 nitrogen and oxygen atoms in total. The number of nitrogens with zero attached hydrogens (tertiary/aromatic N) is 2. The van der Waals surface area contributed by atoms with Gasteiger partial charge in [0.05, 0.1) is 11.4 Å². The summed E-state index contributed by atoms with van der Waals surface area (Å²) in [6.07, 6.45) is 2.58. The lowest BCUT2D eigenvalue weighted by molar-refractivity contribution is 0.324. The number of nitrogens with two attached hydrogens (primary N) is 1. The molecule has 0 radical (unpaired) electrons. The van der Waals surface area contributed by atoms with Gasteiger partial charge in [0.1, 0.15) is 4.90 Å². The molecule has 1 aromatic rings. The van der Waals surface area contributed by atoms with Gasteiger partial charge < -0.3 is 5.73 Å². The van der Waals surface area contributed by atoms with E-state index in [4.69, 9.17) is 5.73 Å². The van der Waals surface area contributed by atoms with Crippen LogP contribution in [0.2, 0.25) is 0 Å². The van der Waals surface area contributed by atoms with Crippen LogP contribution in [0.1, 0.15) is 51.4 Å². The second-order valence-electron chi connectivity index (χ2n) is 5.06. The van der Waals surface area contributed by atoms with Gasteiger partial charge in [-0.2, -0.15) is 9.40 Å². The van der Waals surface area contributed by atoms with Gasteiger partial charge in [0.2, 0.25) is 10.0 Å². The lowest BCUT2D eigenvalue weighted by atomic mass is 10.2. The van der Waals surface area contributed by atoms with Crippen molar-refractivity contribution in [3.8, 4) is 0 Å². The Morgan fingerprint density at radius 2 is 2.05 bits per heavy atom. The lowest BCUT2D eigenvalue weighted by Crippen LogP contribution is -2.39. The van der Waals surface area contributed by atoms with E-state index in [1.54, 1.807) is 11.2 Å². The van der Waals surface area contributed by atoms with Crippen LogP contribution in [0.4, 0.5) is 0 Å². The molecule has 0 aliphatic carbocycles. The van der Waals surface area contributed by atoms with Crippen LogP contribution in [0.5, 0.6) is 0 Å². The van der Waals surface area contributed by atoms with Crippen molar-refractivity contribution in [2.75, 3.05) is 6.54 Å². The predicted molar refractivity (Wildman–Crippen MR) is 79.8 cm³/mol. The van der Waals surface area contributed by atoms with E-state index in [1.165, 1.54) is 0 Å². The van der Waals surface area contributed by atoms with E-state index < -0.39 is 10.0 Å². The Morgan fingerprint density at radius 3 is 2.55 bits per heavy atom. The highest BCUT2D eigenvalue weighted by Gasteiger charge is 2.32. The summed E-state index contributed by atoms with van der Waals surface area (Å²) in [6.45, 7) is 8.34. The molecule has 3 N–H and O–H groups in total. The van der Waals surface area contributed by atoms with Crippen LogP contribution in [0, 0.1) is 6.92 Å². The van der Waals surface area contributed by atoms with E-state index in [2.05, 4.69) is 17.1 Å². The van der Waals surface area contributed by atoms with Crippen LogP contribution < -0.4 is 5.73 Å². The Balaban J connectivity index is 3.25. The Morgan fingerprint density at radius 1 is 1.40 bits per heavy atom. The smallest absolute Gasteiger partial charge is 0.247 e. The van der Waals surface area contributed by atoms with Crippen LogP contribution in [-0.4, -0.2) is 35.5 Å². The van der Waals surface area contributed by atoms with Crippen LogP contribution in [0.15, 0.2) is 4.90 Å². The van der Waals surface area contributed by atoms with Gasteiger partial charge in [-0.15, -0.1) is 0 Å². The highest BCUT2D eigenvalue weighted by Crippen LogP contribution is 2.25. The van der Waals surface area contributed by atoms with Crippen molar-refractivity contribution in [1.29, 1.82) is 0 Å². The molecular formula is C13H26N4O2S. The summed E-state index contributed by atoms with van der Waals surface area (Å²) in [7, 11) is -3.56. The predicted octanol–water partition coefficient (Wildman–Crippen LogP) is 1.77. The van der Waals surface area contributed by atoms with Crippen molar-refractivity contribution in [3.63, 3.8) is 0 Å². The number of unbranched alkanes of at least 4 members (excludes halogenated alkanes) is 1. The SMILES string of the molecule is CCCCN(C(C)CC)S(=O)(=O)c1c(CN)n[nH]c1C. The molecule has 1 rings (SSSR count). The van der Waals surface area contributed by atoms with Gasteiger partial charge >= 0.3 is 0 Å². The molecule has 116 valence electrons. The van der Waals surface area contributed by atoms with Gasteiger partial charge in [-0.05, 0) is 26.7 Å². The summed E-state index contributed by atoms with van der Waals surface area (Å²) in [6, 6.07) is -0.0357. The third kappa shape index (κ3) is 3.39. The summed E-state index contributed by atoms with van der Waals surface area (Å²) < 4.78 is 27.4. The Hall–Kier alpha value is -0.920. The first-order valence-electron chi connectivity index (χ1n) is 7.15. The average Bonchev–Trinajstić information content (AvgIpc) is 2.80. The molecule has 0 amide bonds. The first kappa shape index (κ1) is 17.1. The Kier molecular flexibility index (Phi) is 6.16. The first-order valence-corrected chi connectivity index (χ1v) is 8.59. The van der Waals surface area contributed by atoms with E-state index in [0.717, 1.165) is 19.3 Å². The summed E-state index contributed by atoms with van der Waals surface area (Å²) >= 11 is 0. The molecule has 20 heavy (non-hydrogen) atoms. The average molecular weight is 302 g/mol. The van der Waals surface area contributed by atoms with Crippen LogP contribution in [-0.2, 0) is 16.6 Å². The molecule has 0 aromatic carbocycles. The van der Waals surface area contributed by atoms with Crippen molar-refractivity contribution in [1.82, 2.24) is 14.5 Å². The molecule has 0 bridgehead atoms. The molecule has 0 spiro atoms. The number of sulfonamides is 1. The van der Waals surface area contributed by atoms with Gasteiger partial charge in [-0.1, -0.05) is 20.3 Å². The van der Waals surface area contributed by atoms with Gasteiger partial charge in [-0.3, -0.25) is 5.10 Å². The molecular weight excluding hydrogens is 276 g/mol. The maximum Gasteiger partial charge on any atom is 0.247 e. The van der Waals surface area contributed by atoms with Crippen LogP contribution in [0.25, 0.3) is 0 Å². The minimum absolute atomic E-state index is 0.0357. The Bertz CT molecular complexity index is 524. The zero-order chi connectivity index (χ0) is 15.3. The minimum atomic E-state index is -3.56. The molecule has 0 fully saturated rings. The third-order valence-electron chi connectivity index (χ3n) is 3.54. The molecule has 0 saturated carbocycles. The van der Waals surface area contributed by atoms with Gasteiger partial charge in [0.15, 0.2) is 0 Å². The second-order valence-corrected chi connectivity index (χ2v) is 6.88. The molecule has 7 heteroatoms. The number of nitrogens with one attached hydrogen (secondary N) is 1. The normalized spacial score (nSPS) is 13.9. The van der Waals surface area contributed by atoms with E-state index in [1.807, 2.05) is 13.8 Å².